The highest BCUT2D eigenvalue weighted by Gasteiger charge is 2.23. The Morgan fingerprint density at radius 3 is 3.00 bits per heavy atom. The molecular weight excluding hydrogens is 288 g/mol. The summed E-state index contributed by atoms with van der Waals surface area (Å²) in [5, 5.41) is 3.59. The molecule has 1 aromatic carbocycles. The summed E-state index contributed by atoms with van der Waals surface area (Å²) in [4.78, 5) is 9.43. The Labute approximate surface area is 135 Å². The van der Waals surface area contributed by atoms with Crippen LogP contribution in [0.3, 0.4) is 0 Å². The van der Waals surface area contributed by atoms with Crippen LogP contribution in [-0.4, -0.2) is 28.2 Å². The number of aromatic nitrogens is 3. The molecule has 1 unspecified atom stereocenters. The second kappa shape index (κ2) is 6.01. The smallest absolute Gasteiger partial charge is 0.164 e. The number of pyridine rings is 1. The third kappa shape index (κ3) is 2.57. The largest absolute Gasteiger partial charge is 0.497 e. The molecule has 1 N–H and O–H groups in total. The summed E-state index contributed by atoms with van der Waals surface area (Å²) in [5.74, 6) is 1.87. The summed E-state index contributed by atoms with van der Waals surface area (Å²) < 4.78 is 7.53. The standard InChI is InChI=1S/C18H20N4O/c1-23-14-7-4-6-13(12-14)22-17-16(9-5-11-20-17)21-18(22)15-8-2-3-10-19-15/h4-7,9,11-12,15,19H,2-3,8,10H2,1H3. The molecule has 5 nitrogen and oxygen atoms in total. The van der Waals surface area contributed by atoms with E-state index in [0.717, 1.165) is 41.4 Å². The fourth-order valence-corrected chi connectivity index (χ4v) is 3.24. The molecule has 1 aliphatic heterocycles. The Kier molecular flexibility index (Phi) is 3.71. The van der Waals surface area contributed by atoms with Gasteiger partial charge in [0.2, 0.25) is 0 Å². The predicted molar refractivity (Wildman–Crippen MR) is 90.0 cm³/mol. The minimum atomic E-state index is 0.268. The van der Waals surface area contributed by atoms with E-state index >= 15 is 0 Å². The average molecular weight is 308 g/mol. The number of benzene rings is 1. The van der Waals surface area contributed by atoms with Gasteiger partial charge in [-0.25, -0.2) is 9.97 Å². The van der Waals surface area contributed by atoms with Crippen LogP contribution in [0.1, 0.15) is 31.1 Å². The number of fused-ring (bicyclic) bond motifs is 1. The first-order valence-corrected chi connectivity index (χ1v) is 8.08. The number of methoxy groups -OCH3 is 1. The molecule has 1 fully saturated rings. The molecule has 1 aliphatic rings. The Hall–Kier alpha value is -2.40. The molecule has 0 amide bonds. The lowest BCUT2D eigenvalue weighted by atomic mass is 10.0. The number of piperidine rings is 1. The number of hydrogen-bond acceptors (Lipinski definition) is 4. The maximum Gasteiger partial charge on any atom is 0.164 e. The average Bonchev–Trinajstić information content (AvgIpc) is 3.02. The van der Waals surface area contributed by atoms with Crippen molar-refractivity contribution in [3.05, 3.63) is 48.4 Å². The maximum atomic E-state index is 5.38. The van der Waals surface area contributed by atoms with E-state index in [1.165, 1.54) is 12.8 Å². The van der Waals surface area contributed by atoms with Gasteiger partial charge in [0, 0.05) is 12.3 Å². The lowest BCUT2D eigenvalue weighted by Gasteiger charge is -2.24. The molecule has 0 bridgehead atoms. The van der Waals surface area contributed by atoms with Crippen molar-refractivity contribution in [2.75, 3.05) is 13.7 Å². The van der Waals surface area contributed by atoms with Gasteiger partial charge in [-0.2, -0.15) is 0 Å². The molecular formula is C18H20N4O. The first kappa shape index (κ1) is 14.2. The van der Waals surface area contributed by atoms with Gasteiger partial charge >= 0.3 is 0 Å². The second-order valence-corrected chi connectivity index (χ2v) is 5.86. The van der Waals surface area contributed by atoms with Crippen LogP contribution >= 0.6 is 0 Å². The molecule has 0 aliphatic carbocycles. The number of imidazole rings is 1. The Morgan fingerprint density at radius 1 is 1.22 bits per heavy atom. The minimum Gasteiger partial charge on any atom is -0.497 e. The molecule has 5 heteroatoms. The molecule has 1 saturated heterocycles. The fourth-order valence-electron chi connectivity index (χ4n) is 3.24. The normalized spacial score (nSPS) is 18.2. The highest BCUT2D eigenvalue weighted by atomic mass is 16.5. The van der Waals surface area contributed by atoms with Gasteiger partial charge in [-0.05, 0) is 43.7 Å². The van der Waals surface area contributed by atoms with Gasteiger partial charge in [-0.3, -0.25) is 4.57 Å². The van der Waals surface area contributed by atoms with Crippen molar-refractivity contribution in [1.82, 2.24) is 19.9 Å². The summed E-state index contributed by atoms with van der Waals surface area (Å²) >= 11 is 0. The van der Waals surface area contributed by atoms with E-state index in [4.69, 9.17) is 9.72 Å². The van der Waals surface area contributed by atoms with Crippen molar-refractivity contribution < 1.29 is 4.74 Å². The molecule has 3 aromatic rings. The maximum absolute atomic E-state index is 5.38. The molecule has 118 valence electrons. The Morgan fingerprint density at radius 2 is 2.17 bits per heavy atom. The third-order valence-corrected chi connectivity index (χ3v) is 4.38. The molecule has 1 atom stereocenters. The van der Waals surface area contributed by atoms with Gasteiger partial charge in [0.15, 0.2) is 5.65 Å². The van der Waals surface area contributed by atoms with E-state index < -0.39 is 0 Å². The summed E-state index contributed by atoms with van der Waals surface area (Å²) in [6.07, 6.45) is 5.38. The third-order valence-electron chi connectivity index (χ3n) is 4.38. The Bertz CT molecular complexity index is 821. The van der Waals surface area contributed by atoms with Crippen LogP contribution in [0.4, 0.5) is 0 Å². The van der Waals surface area contributed by atoms with Gasteiger partial charge in [0.25, 0.3) is 0 Å². The monoisotopic (exact) mass is 308 g/mol. The first-order chi connectivity index (χ1) is 11.4. The Balaban J connectivity index is 1.91. The van der Waals surface area contributed by atoms with Gasteiger partial charge in [0.1, 0.15) is 17.1 Å². The van der Waals surface area contributed by atoms with Crippen LogP contribution in [0.15, 0.2) is 42.6 Å². The van der Waals surface area contributed by atoms with E-state index in [-0.39, 0.29) is 6.04 Å². The summed E-state index contributed by atoms with van der Waals surface area (Å²) in [6, 6.07) is 12.3. The fraction of sp³-hybridized carbons (Fsp3) is 0.333. The zero-order valence-electron chi connectivity index (χ0n) is 13.2. The zero-order valence-corrected chi connectivity index (χ0v) is 13.2. The molecule has 3 heterocycles. The predicted octanol–water partition coefficient (Wildman–Crippen LogP) is 3.24. The van der Waals surface area contributed by atoms with Crippen molar-refractivity contribution >= 4 is 11.2 Å². The molecule has 0 spiro atoms. The summed E-state index contributed by atoms with van der Waals surface area (Å²) in [5.41, 5.74) is 2.86. The van der Waals surface area contributed by atoms with Crippen LogP contribution in [0.5, 0.6) is 5.75 Å². The van der Waals surface area contributed by atoms with Crippen LogP contribution in [-0.2, 0) is 0 Å². The van der Waals surface area contributed by atoms with E-state index in [9.17, 15) is 0 Å². The van der Waals surface area contributed by atoms with Crippen molar-refractivity contribution in [2.45, 2.75) is 25.3 Å². The molecule has 0 saturated carbocycles. The van der Waals surface area contributed by atoms with Gasteiger partial charge < -0.3 is 10.1 Å². The highest BCUT2D eigenvalue weighted by Crippen LogP contribution is 2.29. The SMILES string of the molecule is COc1cccc(-n2c(C3CCCCN3)nc3cccnc32)c1. The zero-order chi connectivity index (χ0) is 15.6. The van der Waals surface area contributed by atoms with Crippen LogP contribution in [0, 0.1) is 0 Å². The summed E-state index contributed by atoms with van der Waals surface area (Å²) in [7, 11) is 1.69. The quantitative estimate of drug-likeness (QED) is 0.807. The van der Waals surface area contributed by atoms with Crippen LogP contribution in [0.25, 0.3) is 16.9 Å². The van der Waals surface area contributed by atoms with Crippen molar-refractivity contribution in [1.29, 1.82) is 0 Å². The van der Waals surface area contributed by atoms with Crippen molar-refractivity contribution in [3.63, 3.8) is 0 Å². The molecule has 0 radical (unpaired) electrons. The van der Waals surface area contributed by atoms with Crippen LogP contribution in [0.2, 0.25) is 0 Å². The van der Waals surface area contributed by atoms with Gasteiger partial charge in [-0.15, -0.1) is 0 Å². The number of rotatable bonds is 3. The summed E-state index contributed by atoms with van der Waals surface area (Å²) in [6.45, 7) is 1.04. The highest BCUT2D eigenvalue weighted by molar-refractivity contribution is 5.74. The molecule has 2 aromatic heterocycles. The van der Waals surface area contributed by atoms with E-state index in [1.54, 1.807) is 7.11 Å². The van der Waals surface area contributed by atoms with Crippen LogP contribution < -0.4 is 10.1 Å². The van der Waals surface area contributed by atoms with Gasteiger partial charge in [0.05, 0.1) is 18.8 Å². The van der Waals surface area contributed by atoms with E-state index in [0.29, 0.717) is 0 Å². The lowest BCUT2D eigenvalue weighted by molar-refractivity contribution is 0.394. The van der Waals surface area contributed by atoms with Gasteiger partial charge in [-0.1, -0.05) is 12.5 Å². The number of ether oxygens (including phenoxy) is 1. The number of nitrogens with one attached hydrogen (secondary N) is 1. The van der Waals surface area contributed by atoms with E-state index in [2.05, 4.69) is 20.9 Å². The molecule has 23 heavy (non-hydrogen) atoms. The minimum absolute atomic E-state index is 0.268. The van der Waals surface area contributed by atoms with E-state index in [1.807, 2.05) is 36.5 Å². The molecule has 4 rings (SSSR count). The number of hydrogen-bond donors (Lipinski definition) is 1. The first-order valence-electron chi connectivity index (χ1n) is 8.08. The lowest BCUT2D eigenvalue weighted by Crippen LogP contribution is -2.29. The topological polar surface area (TPSA) is 52.0 Å². The second-order valence-electron chi connectivity index (χ2n) is 5.86. The van der Waals surface area contributed by atoms with Crippen molar-refractivity contribution in [2.24, 2.45) is 0 Å². The van der Waals surface area contributed by atoms with Crippen molar-refractivity contribution in [3.8, 4) is 11.4 Å². The number of nitrogens with zero attached hydrogens (tertiary/aromatic N) is 3.